The first-order valence-electron chi connectivity index (χ1n) is 8.13. The van der Waals surface area contributed by atoms with Gasteiger partial charge in [0.25, 0.3) is 0 Å². The SMILES string of the molecule is O=C(NCc1cccc(OC(F)F)c1)[C@@H]1CC(=O)N(Cc2ccco2)C1. The average Bonchev–Trinajstić information content (AvgIpc) is 3.23. The summed E-state index contributed by atoms with van der Waals surface area (Å²) in [5.74, 6) is -0.102. The Morgan fingerprint density at radius 2 is 2.19 bits per heavy atom. The van der Waals surface area contributed by atoms with Gasteiger partial charge in [-0.05, 0) is 29.8 Å². The molecule has 0 spiro atoms. The zero-order chi connectivity index (χ0) is 18.5. The van der Waals surface area contributed by atoms with E-state index in [2.05, 4.69) is 10.1 Å². The number of ether oxygens (including phenoxy) is 1. The third-order valence-corrected chi connectivity index (χ3v) is 4.10. The van der Waals surface area contributed by atoms with E-state index in [0.29, 0.717) is 24.4 Å². The van der Waals surface area contributed by atoms with Gasteiger partial charge in [0.1, 0.15) is 11.5 Å². The van der Waals surface area contributed by atoms with Gasteiger partial charge < -0.3 is 19.4 Å². The van der Waals surface area contributed by atoms with E-state index in [1.807, 2.05) is 0 Å². The number of nitrogens with one attached hydrogen (secondary N) is 1. The Kier molecular flexibility index (Phi) is 5.50. The second kappa shape index (κ2) is 7.99. The topological polar surface area (TPSA) is 71.8 Å². The lowest BCUT2D eigenvalue weighted by atomic mass is 10.1. The fourth-order valence-corrected chi connectivity index (χ4v) is 2.86. The Balaban J connectivity index is 1.51. The minimum absolute atomic E-state index is 0.0346. The minimum atomic E-state index is -2.90. The van der Waals surface area contributed by atoms with Crippen molar-refractivity contribution in [2.24, 2.45) is 5.92 Å². The van der Waals surface area contributed by atoms with E-state index < -0.39 is 12.5 Å². The van der Waals surface area contributed by atoms with Crippen molar-refractivity contribution in [2.45, 2.75) is 26.1 Å². The van der Waals surface area contributed by atoms with E-state index in [-0.39, 0.29) is 30.5 Å². The molecule has 1 aliphatic rings. The van der Waals surface area contributed by atoms with Gasteiger partial charge in [-0.15, -0.1) is 0 Å². The lowest BCUT2D eigenvalue weighted by molar-refractivity contribution is -0.129. The maximum Gasteiger partial charge on any atom is 0.387 e. The Labute approximate surface area is 148 Å². The van der Waals surface area contributed by atoms with Crippen LogP contribution in [-0.2, 0) is 22.7 Å². The maximum atomic E-state index is 12.3. The molecule has 2 amide bonds. The summed E-state index contributed by atoms with van der Waals surface area (Å²) in [6.45, 7) is -2.07. The minimum Gasteiger partial charge on any atom is -0.467 e. The van der Waals surface area contributed by atoms with Gasteiger partial charge in [0.15, 0.2) is 0 Å². The maximum absolute atomic E-state index is 12.3. The first-order chi connectivity index (χ1) is 12.5. The van der Waals surface area contributed by atoms with Crippen LogP contribution in [0.25, 0.3) is 0 Å². The summed E-state index contributed by atoms with van der Waals surface area (Å²) in [6.07, 6.45) is 1.67. The van der Waals surface area contributed by atoms with Crippen molar-refractivity contribution in [1.82, 2.24) is 10.2 Å². The van der Waals surface area contributed by atoms with Gasteiger partial charge in [0, 0.05) is 19.5 Å². The highest BCUT2D eigenvalue weighted by Crippen LogP contribution is 2.21. The fourth-order valence-electron chi connectivity index (χ4n) is 2.86. The van der Waals surface area contributed by atoms with Crippen LogP contribution < -0.4 is 10.1 Å². The molecule has 1 aliphatic heterocycles. The van der Waals surface area contributed by atoms with E-state index in [0.717, 1.165) is 0 Å². The number of carbonyl (C=O) groups is 2. The number of carbonyl (C=O) groups excluding carboxylic acids is 2. The molecule has 1 aromatic heterocycles. The van der Waals surface area contributed by atoms with Crippen molar-refractivity contribution in [3.63, 3.8) is 0 Å². The van der Waals surface area contributed by atoms with Crippen LogP contribution in [0, 0.1) is 5.92 Å². The average molecular weight is 364 g/mol. The van der Waals surface area contributed by atoms with Crippen LogP contribution in [0.1, 0.15) is 17.7 Å². The summed E-state index contributed by atoms with van der Waals surface area (Å²) in [6, 6.07) is 9.64. The van der Waals surface area contributed by atoms with Crippen LogP contribution >= 0.6 is 0 Å². The first kappa shape index (κ1) is 17.9. The zero-order valence-corrected chi connectivity index (χ0v) is 13.9. The molecule has 0 unspecified atom stereocenters. The van der Waals surface area contributed by atoms with Crippen molar-refractivity contribution in [1.29, 1.82) is 0 Å². The van der Waals surface area contributed by atoms with E-state index in [4.69, 9.17) is 4.42 Å². The molecule has 0 saturated carbocycles. The zero-order valence-electron chi connectivity index (χ0n) is 13.9. The number of nitrogens with zero attached hydrogens (tertiary/aromatic N) is 1. The Hall–Kier alpha value is -2.90. The molecule has 8 heteroatoms. The molecule has 3 rings (SSSR count). The molecular formula is C18H18F2N2O4. The predicted octanol–water partition coefficient (Wildman–Crippen LogP) is 2.55. The Morgan fingerprint density at radius 3 is 2.92 bits per heavy atom. The number of furan rings is 1. The number of alkyl halides is 2. The van der Waals surface area contributed by atoms with Crippen molar-refractivity contribution < 1.29 is 27.5 Å². The van der Waals surface area contributed by atoms with Crippen molar-refractivity contribution in [2.75, 3.05) is 6.54 Å². The lowest BCUT2D eigenvalue weighted by Crippen LogP contribution is -2.32. The molecule has 0 bridgehead atoms. The highest BCUT2D eigenvalue weighted by Gasteiger charge is 2.34. The second-order valence-corrected chi connectivity index (χ2v) is 6.00. The molecule has 2 heterocycles. The third kappa shape index (κ3) is 4.59. The molecule has 1 N–H and O–H groups in total. The van der Waals surface area contributed by atoms with Crippen molar-refractivity contribution >= 4 is 11.8 Å². The number of amides is 2. The standard InChI is InChI=1S/C18H18F2N2O4/c19-18(20)26-14-4-1-3-12(7-14)9-21-17(24)13-8-16(23)22(10-13)11-15-5-2-6-25-15/h1-7,13,18H,8-11H2,(H,21,24)/t13-/m1/s1. The summed E-state index contributed by atoms with van der Waals surface area (Å²) < 4.78 is 34.0. The van der Waals surface area contributed by atoms with Crippen molar-refractivity contribution in [3.05, 3.63) is 54.0 Å². The fraction of sp³-hybridized carbons (Fsp3) is 0.333. The largest absolute Gasteiger partial charge is 0.467 e. The van der Waals surface area contributed by atoms with E-state index in [9.17, 15) is 18.4 Å². The Bertz CT molecular complexity index is 764. The van der Waals surface area contributed by atoms with E-state index in [1.165, 1.54) is 18.4 Å². The molecular weight excluding hydrogens is 346 g/mol. The number of halogens is 2. The summed E-state index contributed by atoms with van der Waals surface area (Å²) in [4.78, 5) is 25.9. The molecule has 0 radical (unpaired) electrons. The quantitative estimate of drug-likeness (QED) is 0.820. The summed E-state index contributed by atoms with van der Waals surface area (Å²) in [5.41, 5.74) is 0.633. The number of likely N-dealkylation sites (tertiary alicyclic amines) is 1. The highest BCUT2D eigenvalue weighted by atomic mass is 19.3. The third-order valence-electron chi connectivity index (χ3n) is 4.10. The lowest BCUT2D eigenvalue weighted by Gasteiger charge is -2.15. The van der Waals surface area contributed by atoms with Gasteiger partial charge in [0.2, 0.25) is 11.8 Å². The van der Waals surface area contributed by atoms with Crippen LogP contribution in [0.3, 0.4) is 0 Å². The monoisotopic (exact) mass is 364 g/mol. The molecule has 1 saturated heterocycles. The summed E-state index contributed by atoms with van der Waals surface area (Å²) >= 11 is 0. The van der Waals surface area contributed by atoms with E-state index in [1.54, 1.807) is 29.2 Å². The van der Waals surface area contributed by atoms with Gasteiger partial charge in [-0.25, -0.2) is 0 Å². The molecule has 2 aromatic rings. The molecule has 6 nitrogen and oxygen atoms in total. The normalized spacial score (nSPS) is 17.0. The molecule has 138 valence electrons. The number of rotatable bonds is 7. The van der Waals surface area contributed by atoms with Gasteiger partial charge in [-0.2, -0.15) is 8.78 Å². The number of hydrogen-bond acceptors (Lipinski definition) is 4. The van der Waals surface area contributed by atoms with Crippen LogP contribution in [0.2, 0.25) is 0 Å². The molecule has 1 aromatic carbocycles. The molecule has 1 fully saturated rings. The molecule has 1 atom stereocenters. The van der Waals surface area contributed by atoms with Crippen LogP contribution in [-0.4, -0.2) is 29.9 Å². The van der Waals surface area contributed by atoms with Gasteiger partial charge in [0.05, 0.1) is 18.7 Å². The van der Waals surface area contributed by atoms with Crippen LogP contribution in [0.4, 0.5) is 8.78 Å². The predicted molar refractivity (Wildman–Crippen MR) is 87.2 cm³/mol. The molecule has 26 heavy (non-hydrogen) atoms. The van der Waals surface area contributed by atoms with Gasteiger partial charge >= 0.3 is 6.61 Å². The smallest absolute Gasteiger partial charge is 0.387 e. The van der Waals surface area contributed by atoms with E-state index >= 15 is 0 Å². The highest BCUT2D eigenvalue weighted by molar-refractivity contribution is 5.89. The van der Waals surface area contributed by atoms with Crippen LogP contribution in [0.15, 0.2) is 47.1 Å². The summed E-state index contributed by atoms with van der Waals surface area (Å²) in [5, 5.41) is 2.74. The Morgan fingerprint density at radius 1 is 1.35 bits per heavy atom. The van der Waals surface area contributed by atoms with Crippen LogP contribution in [0.5, 0.6) is 5.75 Å². The molecule has 0 aliphatic carbocycles. The van der Waals surface area contributed by atoms with Gasteiger partial charge in [-0.3, -0.25) is 9.59 Å². The second-order valence-electron chi connectivity index (χ2n) is 6.00. The number of hydrogen-bond donors (Lipinski definition) is 1. The number of benzene rings is 1. The van der Waals surface area contributed by atoms with Crippen molar-refractivity contribution in [3.8, 4) is 5.75 Å². The first-order valence-corrected chi connectivity index (χ1v) is 8.13. The summed E-state index contributed by atoms with van der Waals surface area (Å²) in [7, 11) is 0. The van der Waals surface area contributed by atoms with Gasteiger partial charge in [-0.1, -0.05) is 12.1 Å².